The van der Waals surface area contributed by atoms with Crippen LogP contribution in [0.3, 0.4) is 0 Å². The highest BCUT2D eigenvalue weighted by Gasteiger charge is 2.32. The van der Waals surface area contributed by atoms with Crippen molar-refractivity contribution in [1.82, 2.24) is 10.2 Å². The lowest BCUT2D eigenvalue weighted by atomic mass is 10.1. The summed E-state index contributed by atoms with van der Waals surface area (Å²) in [7, 11) is 0. The number of nitrogens with one attached hydrogen (secondary N) is 1. The summed E-state index contributed by atoms with van der Waals surface area (Å²) in [4.78, 5) is 2.55. The first-order valence-electron chi connectivity index (χ1n) is 8.03. The molecule has 0 radical (unpaired) electrons. The van der Waals surface area contributed by atoms with Crippen molar-refractivity contribution < 1.29 is 4.74 Å². The number of fused-ring (bicyclic) bond motifs is 1. The highest BCUT2D eigenvalue weighted by molar-refractivity contribution is 5.33. The topological polar surface area (TPSA) is 24.5 Å². The van der Waals surface area contributed by atoms with Gasteiger partial charge in [0.1, 0.15) is 12.4 Å². The minimum Gasteiger partial charge on any atom is -0.492 e. The molecule has 0 bridgehead atoms. The van der Waals surface area contributed by atoms with Crippen molar-refractivity contribution in [1.29, 1.82) is 0 Å². The number of benzene rings is 1. The minimum atomic E-state index is 0.667. The van der Waals surface area contributed by atoms with Gasteiger partial charge >= 0.3 is 0 Å². The average molecular weight is 274 g/mol. The van der Waals surface area contributed by atoms with E-state index in [4.69, 9.17) is 4.74 Å². The van der Waals surface area contributed by atoms with Gasteiger partial charge in [-0.2, -0.15) is 0 Å². The van der Waals surface area contributed by atoms with Crippen LogP contribution in [-0.4, -0.2) is 37.2 Å². The van der Waals surface area contributed by atoms with Crippen LogP contribution in [0.25, 0.3) is 0 Å². The molecule has 1 aliphatic carbocycles. The highest BCUT2D eigenvalue weighted by Crippen LogP contribution is 2.33. The summed E-state index contributed by atoms with van der Waals surface area (Å²) in [5.41, 5.74) is 1.33. The van der Waals surface area contributed by atoms with Gasteiger partial charge in [0.2, 0.25) is 0 Å². The molecule has 110 valence electrons. The number of hydrogen-bond acceptors (Lipinski definition) is 3. The van der Waals surface area contributed by atoms with Crippen molar-refractivity contribution >= 4 is 0 Å². The van der Waals surface area contributed by atoms with Crippen LogP contribution in [0, 0.1) is 5.92 Å². The summed E-state index contributed by atoms with van der Waals surface area (Å²) in [5.74, 6) is 1.97. The van der Waals surface area contributed by atoms with Gasteiger partial charge in [0.25, 0.3) is 0 Å². The van der Waals surface area contributed by atoms with E-state index in [0.717, 1.165) is 44.5 Å². The summed E-state index contributed by atoms with van der Waals surface area (Å²) in [6, 6.07) is 9.12. The van der Waals surface area contributed by atoms with Crippen LogP contribution < -0.4 is 10.1 Å². The summed E-state index contributed by atoms with van der Waals surface area (Å²) >= 11 is 0. The van der Waals surface area contributed by atoms with Gasteiger partial charge in [0, 0.05) is 31.2 Å². The van der Waals surface area contributed by atoms with Gasteiger partial charge in [0.05, 0.1) is 0 Å². The molecule has 0 saturated heterocycles. The molecule has 1 atom stereocenters. The first-order valence-corrected chi connectivity index (χ1v) is 8.03. The zero-order valence-corrected chi connectivity index (χ0v) is 12.5. The summed E-state index contributed by atoms with van der Waals surface area (Å²) < 4.78 is 5.86. The molecule has 0 spiro atoms. The van der Waals surface area contributed by atoms with Crippen molar-refractivity contribution in [2.45, 2.75) is 38.8 Å². The molecule has 1 aromatic carbocycles. The number of hydrogen-bond donors (Lipinski definition) is 1. The minimum absolute atomic E-state index is 0.667. The van der Waals surface area contributed by atoms with Gasteiger partial charge < -0.3 is 10.1 Å². The smallest absolute Gasteiger partial charge is 0.123 e. The normalized spacial score (nSPS) is 20.9. The molecule has 1 fully saturated rings. The lowest BCUT2D eigenvalue weighted by Crippen LogP contribution is -2.43. The molecular formula is C17H26N2O. The predicted molar refractivity (Wildman–Crippen MR) is 82.0 cm³/mol. The summed E-state index contributed by atoms with van der Waals surface area (Å²) in [6.45, 7) is 7.40. The largest absolute Gasteiger partial charge is 0.492 e. The van der Waals surface area contributed by atoms with Crippen molar-refractivity contribution in [3.05, 3.63) is 29.8 Å². The zero-order chi connectivity index (χ0) is 13.8. The maximum absolute atomic E-state index is 5.86. The summed E-state index contributed by atoms with van der Waals surface area (Å²) in [6.07, 6.45) is 4.03. The maximum atomic E-state index is 5.86. The monoisotopic (exact) mass is 274 g/mol. The van der Waals surface area contributed by atoms with Crippen LogP contribution in [-0.2, 0) is 6.54 Å². The Kier molecular flexibility index (Phi) is 4.58. The Labute approximate surface area is 122 Å². The lowest BCUT2D eigenvalue weighted by molar-refractivity contribution is 0.199. The molecule has 3 heteroatoms. The van der Waals surface area contributed by atoms with E-state index in [2.05, 4.69) is 41.4 Å². The molecule has 1 N–H and O–H groups in total. The molecule has 1 aliphatic heterocycles. The van der Waals surface area contributed by atoms with Crippen molar-refractivity contribution in [3.63, 3.8) is 0 Å². The van der Waals surface area contributed by atoms with Crippen LogP contribution in [0.15, 0.2) is 24.3 Å². The number of nitrogens with zero attached hydrogens (tertiary/aromatic N) is 1. The second kappa shape index (κ2) is 6.59. The van der Waals surface area contributed by atoms with E-state index in [1.807, 2.05) is 0 Å². The van der Waals surface area contributed by atoms with Gasteiger partial charge in [-0.3, -0.25) is 4.90 Å². The number of rotatable bonds is 6. The second-order valence-electron chi connectivity index (χ2n) is 6.09. The molecule has 0 aromatic heterocycles. The molecule has 1 heterocycles. The molecule has 20 heavy (non-hydrogen) atoms. The third kappa shape index (κ3) is 3.53. The average Bonchev–Trinajstić information content (AvgIpc) is 3.29. The van der Waals surface area contributed by atoms with E-state index in [1.54, 1.807) is 0 Å². The molecule has 0 amide bonds. The van der Waals surface area contributed by atoms with Crippen LogP contribution in [0.5, 0.6) is 5.75 Å². The van der Waals surface area contributed by atoms with Gasteiger partial charge in [-0.1, -0.05) is 25.1 Å². The first-order chi connectivity index (χ1) is 9.86. The molecule has 1 aromatic rings. The van der Waals surface area contributed by atoms with E-state index in [1.165, 1.54) is 24.8 Å². The summed E-state index contributed by atoms with van der Waals surface area (Å²) in [5, 5.41) is 3.74. The second-order valence-corrected chi connectivity index (χ2v) is 6.09. The van der Waals surface area contributed by atoms with E-state index < -0.39 is 0 Å². The molecule has 2 aliphatic rings. The Bertz CT molecular complexity index is 431. The van der Waals surface area contributed by atoms with E-state index in [9.17, 15) is 0 Å². The Hall–Kier alpha value is -1.06. The standard InChI is InChI=1S/C17H26N2O/c1-2-9-18-16(14-7-8-14)13-19-10-11-20-17-6-4-3-5-15(17)12-19/h3-6,14,16,18H,2,7-13H2,1H3. The van der Waals surface area contributed by atoms with Gasteiger partial charge in [-0.05, 0) is 37.8 Å². The highest BCUT2D eigenvalue weighted by atomic mass is 16.5. The van der Waals surface area contributed by atoms with Crippen molar-refractivity contribution in [2.75, 3.05) is 26.2 Å². The first kappa shape index (κ1) is 13.9. The van der Waals surface area contributed by atoms with Crippen LogP contribution in [0.1, 0.15) is 31.7 Å². The zero-order valence-electron chi connectivity index (χ0n) is 12.5. The third-order valence-corrected chi connectivity index (χ3v) is 4.33. The fourth-order valence-corrected chi connectivity index (χ4v) is 3.02. The van der Waals surface area contributed by atoms with Crippen LogP contribution in [0.4, 0.5) is 0 Å². The Morgan fingerprint density at radius 1 is 1.35 bits per heavy atom. The van der Waals surface area contributed by atoms with Crippen molar-refractivity contribution in [2.24, 2.45) is 5.92 Å². The third-order valence-electron chi connectivity index (χ3n) is 4.33. The fourth-order valence-electron chi connectivity index (χ4n) is 3.02. The van der Waals surface area contributed by atoms with Gasteiger partial charge in [-0.15, -0.1) is 0 Å². The molecular weight excluding hydrogens is 248 g/mol. The molecule has 3 nitrogen and oxygen atoms in total. The molecule has 1 saturated carbocycles. The van der Waals surface area contributed by atoms with Crippen LogP contribution in [0.2, 0.25) is 0 Å². The number of para-hydroxylation sites is 1. The quantitative estimate of drug-likeness (QED) is 0.863. The molecule has 1 unspecified atom stereocenters. The lowest BCUT2D eigenvalue weighted by Gasteiger charge is -2.26. The van der Waals surface area contributed by atoms with Gasteiger partial charge in [-0.25, -0.2) is 0 Å². The van der Waals surface area contributed by atoms with E-state index in [0.29, 0.717) is 6.04 Å². The fraction of sp³-hybridized carbons (Fsp3) is 0.647. The van der Waals surface area contributed by atoms with Crippen LogP contribution >= 0.6 is 0 Å². The maximum Gasteiger partial charge on any atom is 0.123 e. The SMILES string of the molecule is CCCNC(CN1CCOc2ccccc2C1)C1CC1. The number of ether oxygens (including phenoxy) is 1. The van der Waals surface area contributed by atoms with E-state index in [-0.39, 0.29) is 0 Å². The van der Waals surface area contributed by atoms with Crippen molar-refractivity contribution in [3.8, 4) is 5.75 Å². The Balaban J connectivity index is 1.61. The van der Waals surface area contributed by atoms with E-state index >= 15 is 0 Å². The van der Waals surface area contributed by atoms with Gasteiger partial charge in [0.15, 0.2) is 0 Å². The predicted octanol–water partition coefficient (Wildman–Crippen LogP) is 2.66. The molecule has 3 rings (SSSR count). The Morgan fingerprint density at radius 3 is 3.00 bits per heavy atom. The Morgan fingerprint density at radius 2 is 2.20 bits per heavy atom.